The van der Waals surface area contributed by atoms with Crippen LogP contribution in [0.3, 0.4) is 0 Å². The molecule has 294 valence electrons. The van der Waals surface area contributed by atoms with Crippen molar-refractivity contribution < 1.29 is 0 Å². The predicted octanol–water partition coefficient (Wildman–Crippen LogP) is 16.9. The van der Waals surface area contributed by atoms with Crippen LogP contribution >= 0.6 is 11.3 Å². The van der Waals surface area contributed by atoms with Crippen LogP contribution in [0.25, 0.3) is 75.8 Å². The Kier molecular flexibility index (Phi) is 8.06. The first-order valence-electron chi connectivity index (χ1n) is 21.8. The van der Waals surface area contributed by atoms with Crippen molar-refractivity contribution in [1.29, 1.82) is 0 Å². The van der Waals surface area contributed by atoms with E-state index in [1.54, 1.807) is 0 Å². The summed E-state index contributed by atoms with van der Waals surface area (Å²) < 4.78 is 2.57. The van der Waals surface area contributed by atoms with Crippen LogP contribution in [0.2, 0.25) is 0 Å². The first-order chi connectivity index (χ1) is 31.3. The second-order valence-corrected chi connectivity index (χ2v) is 17.8. The monoisotopic (exact) mass is 817 g/mol. The number of nitrogens with zero attached hydrogens (tertiary/aromatic N) is 1. The van der Waals surface area contributed by atoms with Crippen molar-refractivity contribution in [2.24, 2.45) is 0 Å². The molecule has 1 aromatic heterocycles. The zero-order valence-electron chi connectivity index (χ0n) is 34.4. The van der Waals surface area contributed by atoms with E-state index in [0.717, 1.165) is 17.1 Å². The average molecular weight is 818 g/mol. The van der Waals surface area contributed by atoms with Gasteiger partial charge in [0.1, 0.15) is 0 Å². The Bertz CT molecular complexity index is 3500. The summed E-state index contributed by atoms with van der Waals surface area (Å²) in [6.07, 6.45) is 0. The van der Waals surface area contributed by atoms with Gasteiger partial charge < -0.3 is 4.90 Å². The van der Waals surface area contributed by atoms with E-state index in [1.807, 2.05) is 11.3 Å². The standard InChI is InChI=1S/C61H39NS/c1-3-16-40(17-4-1)42-30-32-43(33-31-42)59-56(36-37-58-60(59)51-25-10-14-29-57(51)63-58)62(45-21-15-20-44(38-45)41-18-5-2-6-19-41)46-34-35-50-49-24-9-13-28-54(49)61(55(50)39-46)52-26-11-7-22-47(52)48-23-8-12-27-53(48)61/h1-39H. The van der Waals surface area contributed by atoms with Crippen LogP contribution in [0.5, 0.6) is 0 Å². The maximum atomic E-state index is 2.53. The molecule has 0 saturated heterocycles. The van der Waals surface area contributed by atoms with E-state index in [4.69, 9.17) is 0 Å². The van der Waals surface area contributed by atoms with Crippen LogP contribution in [0, 0.1) is 0 Å². The smallest absolute Gasteiger partial charge is 0.0726 e. The molecule has 0 aliphatic heterocycles. The molecule has 1 heterocycles. The highest BCUT2D eigenvalue weighted by atomic mass is 32.1. The summed E-state index contributed by atoms with van der Waals surface area (Å²) in [5, 5.41) is 2.57. The maximum Gasteiger partial charge on any atom is 0.0726 e. The number of fused-ring (bicyclic) bond motifs is 13. The lowest BCUT2D eigenvalue weighted by Crippen LogP contribution is -2.26. The minimum Gasteiger partial charge on any atom is -0.310 e. The van der Waals surface area contributed by atoms with E-state index in [2.05, 4.69) is 241 Å². The lowest BCUT2D eigenvalue weighted by molar-refractivity contribution is 0.793. The number of anilines is 3. The van der Waals surface area contributed by atoms with Gasteiger partial charge in [-0.1, -0.05) is 194 Å². The summed E-state index contributed by atoms with van der Waals surface area (Å²) in [6.45, 7) is 0. The number of thiophene rings is 1. The van der Waals surface area contributed by atoms with Crippen LogP contribution in [0.15, 0.2) is 237 Å². The number of hydrogen-bond donors (Lipinski definition) is 0. The fraction of sp³-hybridized carbons (Fsp3) is 0.0164. The van der Waals surface area contributed by atoms with Gasteiger partial charge in [-0.05, 0) is 115 Å². The second-order valence-electron chi connectivity index (χ2n) is 16.7. The summed E-state index contributed by atoms with van der Waals surface area (Å²) in [5.41, 5.74) is 20.7. The molecule has 0 radical (unpaired) electrons. The first kappa shape index (κ1) is 35.9. The molecule has 2 heteroatoms. The molecule has 13 rings (SSSR count). The van der Waals surface area contributed by atoms with Gasteiger partial charge >= 0.3 is 0 Å². The third kappa shape index (κ3) is 5.35. The van der Waals surface area contributed by atoms with E-state index in [9.17, 15) is 0 Å². The van der Waals surface area contributed by atoms with Crippen LogP contribution < -0.4 is 4.90 Å². The van der Waals surface area contributed by atoms with Crippen LogP contribution in [0.1, 0.15) is 22.3 Å². The first-order valence-corrected chi connectivity index (χ1v) is 22.6. The Labute approximate surface area is 371 Å². The van der Waals surface area contributed by atoms with Gasteiger partial charge in [0, 0.05) is 37.1 Å². The highest BCUT2D eigenvalue weighted by molar-refractivity contribution is 7.26. The van der Waals surface area contributed by atoms with Gasteiger partial charge in [0.15, 0.2) is 0 Å². The van der Waals surface area contributed by atoms with E-state index in [0.29, 0.717) is 0 Å². The van der Waals surface area contributed by atoms with Gasteiger partial charge in [-0.15, -0.1) is 11.3 Å². The molecular weight excluding hydrogens is 779 g/mol. The van der Waals surface area contributed by atoms with Crippen molar-refractivity contribution in [3.8, 4) is 55.6 Å². The largest absolute Gasteiger partial charge is 0.310 e. The van der Waals surface area contributed by atoms with E-state index >= 15 is 0 Å². The van der Waals surface area contributed by atoms with Gasteiger partial charge in [-0.3, -0.25) is 0 Å². The molecule has 0 unspecified atom stereocenters. The Morgan fingerprint density at radius 1 is 0.317 bits per heavy atom. The number of rotatable bonds is 6. The fourth-order valence-corrected chi connectivity index (χ4v) is 12.0. The average Bonchev–Trinajstić information content (AvgIpc) is 3.99. The van der Waals surface area contributed by atoms with Gasteiger partial charge in [0.2, 0.25) is 0 Å². The summed E-state index contributed by atoms with van der Waals surface area (Å²) in [4.78, 5) is 2.53. The second kappa shape index (κ2) is 14.1. The van der Waals surface area contributed by atoms with E-state index in [1.165, 1.54) is 98.1 Å². The Balaban J connectivity index is 1.11. The van der Waals surface area contributed by atoms with E-state index in [-0.39, 0.29) is 0 Å². The molecule has 2 aliphatic rings. The molecule has 0 fully saturated rings. The molecule has 1 spiro atoms. The Morgan fingerprint density at radius 3 is 1.49 bits per heavy atom. The third-order valence-corrected chi connectivity index (χ3v) is 14.6. The van der Waals surface area contributed by atoms with Crippen molar-refractivity contribution in [1.82, 2.24) is 0 Å². The summed E-state index contributed by atoms with van der Waals surface area (Å²) in [6, 6.07) is 87.9. The predicted molar refractivity (Wildman–Crippen MR) is 267 cm³/mol. The maximum absolute atomic E-state index is 2.53. The van der Waals surface area contributed by atoms with Gasteiger partial charge in [0.05, 0.1) is 11.1 Å². The zero-order chi connectivity index (χ0) is 41.5. The molecule has 10 aromatic carbocycles. The van der Waals surface area contributed by atoms with Crippen molar-refractivity contribution in [2.75, 3.05) is 4.90 Å². The lowest BCUT2D eigenvalue weighted by Gasteiger charge is -2.33. The van der Waals surface area contributed by atoms with Gasteiger partial charge in [0.25, 0.3) is 0 Å². The SMILES string of the molecule is c1ccc(-c2ccc(-c3c(N(c4cccc(-c5ccccc5)c4)c4ccc5c(c4)C4(c6ccccc6-c6ccccc64)c4ccccc4-5)ccc4sc5ccccc5c34)cc2)cc1. The van der Waals surface area contributed by atoms with E-state index < -0.39 is 5.41 Å². The third-order valence-electron chi connectivity index (χ3n) is 13.5. The topological polar surface area (TPSA) is 3.24 Å². The molecule has 63 heavy (non-hydrogen) atoms. The molecule has 0 amide bonds. The molecular formula is C61H39NS. The molecule has 0 saturated carbocycles. The molecule has 0 N–H and O–H groups in total. The molecule has 0 atom stereocenters. The van der Waals surface area contributed by atoms with Crippen LogP contribution in [0.4, 0.5) is 17.1 Å². The quantitative estimate of drug-likeness (QED) is 0.162. The summed E-state index contributed by atoms with van der Waals surface area (Å²) >= 11 is 1.87. The molecule has 0 bridgehead atoms. The number of benzene rings is 10. The summed E-state index contributed by atoms with van der Waals surface area (Å²) in [7, 11) is 0. The summed E-state index contributed by atoms with van der Waals surface area (Å²) in [5.74, 6) is 0. The Morgan fingerprint density at radius 2 is 0.825 bits per heavy atom. The van der Waals surface area contributed by atoms with Crippen LogP contribution in [-0.2, 0) is 5.41 Å². The highest BCUT2D eigenvalue weighted by Crippen LogP contribution is 2.63. The van der Waals surface area contributed by atoms with Crippen molar-refractivity contribution >= 4 is 48.6 Å². The molecule has 2 aliphatic carbocycles. The zero-order valence-corrected chi connectivity index (χ0v) is 35.2. The van der Waals surface area contributed by atoms with Crippen molar-refractivity contribution in [2.45, 2.75) is 5.41 Å². The van der Waals surface area contributed by atoms with Gasteiger partial charge in [-0.2, -0.15) is 0 Å². The molecule has 11 aromatic rings. The normalized spacial score (nSPS) is 12.9. The highest BCUT2D eigenvalue weighted by Gasteiger charge is 2.51. The minimum atomic E-state index is -0.462. The van der Waals surface area contributed by atoms with Crippen molar-refractivity contribution in [3.63, 3.8) is 0 Å². The molecule has 1 nitrogen and oxygen atoms in total. The minimum absolute atomic E-state index is 0.462. The lowest BCUT2D eigenvalue weighted by atomic mass is 9.70. The van der Waals surface area contributed by atoms with Crippen molar-refractivity contribution in [3.05, 3.63) is 259 Å². The fourth-order valence-electron chi connectivity index (χ4n) is 10.8. The Hall–Kier alpha value is -7.78. The number of hydrogen-bond acceptors (Lipinski definition) is 2. The van der Waals surface area contributed by atoms with Gasteiger partial charge in [-0.25, -0.2) is 0 Å². The van der Waals surface area contributed by atoms with Crippen LogP contribution in [-0.4, -0.2) is 0 Å².